The summed E-state index contributed by atoms with van der Waals surface area (Å²) in [7, 11) is 8.32. The number of methoxy groups -OCH3 is 1. The van der Waals surface area contributed by atoms with Crippen LogP contribution in [0.25, 0.3) is 5.57 Å². The number of hydrogen-bond acceptors (Lipinski definition) is 5. The molecule has 0 fully saturated rings. The summed E-state index contributed by atoms with van der Waals surface area (Å²) in [6, 6.07) is 10.7. The second-order valence-corrected chi connectivity index (χ2v) is 11.4. The number of allylic oxidation sites excluding steroid dienone is 1. The van der Waals surface area contributed by atoms with Crippen LogP contribution in [-0.4, -0.2) is 56.1 Å². The summed E-state index contributed by atoms with van der Waals surface area (Å²) in [5.41, 5.74) is 7.28. The highest BCUT2D eigenvalue weighted by atomic mass is 16.5. The summed E-state index contributed by atoms with van der Waals surface area (Å²) in [5.74, 6) is 2.73. The number of aromatic nitrogens is 1. The Balaban J connectivity index is 1.43. The zero-order valence-electron chi connectivity index (χ0n) is 23.8. The number of likely N-dealkylation sites (N-methyl/N-ethyl adjacent to an activating group) is 1. The van der Waals surface area contributed by atoms with E-state index in [0.29, 0.717) is 12.3 Å². The lowest BCUT2D eigenvalue weighted by Crippen LogP contribution is -2.51. The zero-order valence-corrected chi connectivity index (χ0v) is 23.8. The molecular formula is C31H43N4O2+. The Morgan fingerprint density at radius 2 is 2.03 bits per heavy atom. The number of anilines is 2. The molecule has 0 radical (unpaired) electrons. The fraction of sp³-hybridized carbons (Fsp3) is 0.484. The van der Waals surface area contributed by atoms with Gasteiger partial charge in [-0.15, -0.1) is 0 Å². The van der Waals surface area contributed by atoms with Crippen molar-refractivity contribution in [3.05, 3.63) is 70.5 Å². The Bertz CT molecular complexity index is 1240. The standard InChI is InChI=1S/C31H43N4O2/c1-20(2)23-13-14-25-27(19-23)34(5)30(33-25)12-10-9-11-28(36)24-17-21(3)32-26(18-24)31-22(4)35(6,7)16-15-29(31)37-8/h12-14,17-20,22,33H,9-11,15-16H2,1-8H3/q+1/b30-12-. The number of benzene rings is 1. The SMILES string of the molecule is COC1=C(c2cc(C(=O)CCC/C=C3/Nc4ccc(C(C)C)cc4N3C)cc(C)n2)C(C)[N+](C)(C)CC1. The maximum atomic E-state index is 13.2. The van der Waals surface area contributed by atoms with E-state index >= 15 is 0 Å². The number of Topliss-reactive ketones (excluding diaryl/α,β-unsaturated/α-hetero) is 1. The van der Waals surface area contributed by atoms with E-state index in [-0.39, 0.29) is 11.8 Å². The summed E-state index contributed by atoms with van der Waals surface area (Å²) in [6.07, 6.45) is 5.22. The van der Waals surface area contributed by atoms with E-state index in [1.807, 2.05) is 19.1 Å². The minimum atomic E-state index is 0.166. The second-order valence-electron chi connectivity index (χ2n) is 11.4. The number of rotatable bonds is 8. The van der Waals surface area contributed by atoms with Crippen molar-refractivity contribution in [2.45, 2.75) is 65.3 Å². The number of carbonyl (C=O) groups is 1. The van der Waals surface area contributed by atoms with E-state index in [9.17, 15) is 4.79 Å². The highest BCUT2D eigenvalue weighted by molar-refractivity contribution is 5.97. The average Bonchev–Trinajstić information content (AvgIpc) is 3.17. The maximum absolute atomic E-state index is 13.2. The molecule has 6 nitrogen and oxygen atoms in total. The summed E-state index contributed by atoms with van der Waals surface area (Å²) in [6.45, 7) is 9.65. The Morgan fingerprint density at radius 3 is 2.73 bits per heavy atom. The van der Waals surface area contributed by atoms with E-state index in [0.717, 1.165) is 70.1 Å². The first-order valence-corrected chi connectivity index (χ1v) is 13.5. The Kier molecular flexibility index (Phi) is 7.79. The van der Waals surface area contributed by atoms with Gasteiger partial charge in [0.2, 0.25) is 0 Å². The third-order valence-electron chi connectivity index (χ3n) is 8.10. The summed E-state index contributed by atoms with van der Waals surface area (Å²) in [5, 5.41) is 3.52. The molecule has 1 atom stereocenters. The van der Waals surface area contributed by atoms with E-state index in [4.69, 9.17) is 9.72 Å². The number of ketones is 1. The largest absolute Gasteiger partial charge is 0.500 e. The molecule has 37 heavy (non-hydrogen) atoms. The summed E-state index contributed by atoms with van der Waals surface area (Å²) >= 11 is 0. The predicted octanol–water partition coefficient (Wildman–Crippen LogP) is 6.50. The number of pyridine rings is 1. The Labute approximate surface area is 222 Å². The van der Waals surface area contributed by atoms with Crippen LogP contribution in [0.2, 0.25) is 0 Å². The average molecular weight is 504 g/mol. The lowest BCUT2D eigenvalue weighted by atomic mass is 9.92. The number of unbranched alkanes of at least 4 members (excludes halogenated alkanes) is 1. The van der Waals surface area contributed by atoms with Gasteiger partial charge in [-0.3, -0.25) is 9.78 Å². The van der Waals surface area contributed by atoms with Gasteiger partial charge in [0.25, 0.3) is 0 Å². The van der Waals surface area contributed by atoms with Crippen LogP contribution in [0.3, 0.4) is 0 Å². The maximum Gasteiger partial charge on any atom is 0.163 e. The molecule has 0 aliphatic carbocycles. The molecule has 0 spiro atoms. The number of aryl methyl sites for hydroxylation is 1. The van der Waals surface area contributed by atoms with Crippen LogP contribution < -0.4 is 10.2 Å². The number of nitrogens with one attached hydrogen (secondary N) is 1. The van der Waals surface area contributed by atoms with E-state index in [2.05, 4.69) is 76.4 Å². The van der Waals surface area contributed by atoms with Gasteiger partial charge in [-0.05, 0) is 68.5 Å². The minimum absolute atomic E-state index is 0.166. The molecule has 0 bridgehead atoms. The third kappa shape index (κ3) is 5.59. The molecule has 3 heterocycles. The molecule has 198 valence electrons. The van der Waals surface area contributed by atoms with Crippen LogP contribution in [0, 0.1) is 6.92 Å². The van der Waals surface area contributed by atoms with Crippen molar-refractivity contribution < 1.29 is 14.0 Å². The lowest BCUT2D eigenvalue weighted by molar-refractivity contribution is -0.906. The highest BCUT2D eigenvalue weighted by Crippen LogP contribution is 2.38. The van der Waals surface area contributed by atoms with Gasteiger partial charge in [-0.2, -0.15) is 0 Å². The molecule has 0 amide bonds. The fourth-order valence-corrected chi connectivity index (χ4v) is 5.31. The van der Waals surface area contributed by atoms with Crippen molar-refractivity contribution in [2.24, 2.45) is 0 Å². The van der Waals surface area contributed by atoms with Crippen molar-refractivity contribution >= 4 is 22.7 Å². The van der Waals surface area contributed by atoms with Crippen molar-refractivity contribution in [3.8, 4) is 0 Å². The number of hydrogen-bond donors (Lipinski definition) is 1. The number of ether oxygens (including phenoxy) is 1. The monoisotopic (exact) mass is 503 g/mol. The van der Waals surface area contributed by atoms with Gasteiger partial charge in [-0.25, -0.2) is 0 Å². The van der Waals surface area contributed by atoms with E-state index < -0.39 is 0 Å². The van der Waals surface area contributed by atoms with E-state index in [1.165, 1.54) is 11.3 Å². The van der Waals surface area contributed by atoms with Crippen LogP contribution in [0.1, 0.15) is 79.7 Å². The van der Waals surface area contributed by atoms with Gasteiger partial charge in [-0.1, -0.05) is 19.9 Å². The van der Waals surface area contributed by atoms with Crippen molar-refractivity contribution in [1.82, 2.24) is 4.98 Å². The van der Waals surface area contributed by atoms with Gasteiger partial charge in [0, 0.05) is 24.7 Å². The van der Waals surface area contributed by atoms with Crippen molar-refractivity contribution in [2.75, 3.05) is 45.0 Å². The van der Waals surface area contributed by atoms with Gasteiger partial charge in [0.05, 0.1) is 56.8 Å². The third-order valence-corrected chi connectivity index (χ3v) is 8.10. The van der Waals surface area contributed by atoms with E-state index in [1.54, 1.807) is 7.11 Å². The first kappa shape index (κ1) is 26.9. The summed E-state index contributed by atoms with van der Waals surface area (Å²) in [4.78, 5) is 20.2. The van der Waals surface area contributed by atoms with Gasteiger partial charge >= 0.3 is 0 Å². The molecule has 2 aliphatic heterocycles. The molecule has 1 aromatic carbocycles. The van der Waals surface area contributed by atoms with Crippen LogP contribution in [-0.2, 0) is 4.74 Å². The summed E-state index contributed by atoms with van der Waals surface area (Å²) < 4.78 is 6.64. The van der Waals surface area contributed by atoms with Crippen LogP contribution in [0.15, 0.2) is 48.0 Å². The van der Waals surface area contributed by atoms with Crippen molar-refractivity contribution in [3.63, 3.8) is 0 Å². The molecule has 1 aromatic heterocycles. The van der Waals surface area contributed by atoms with Gasteiger partial charge < -0.3 is 19.4 Å². The number of nitrogens with zero attached hydrogens (tertiary/aromatic N) is 3. The smallest absolute Gasteiger partial charge is 0.163 e. The minimum Gasteiger partial charge on any atom is -0.500 e. The lowest BCUT2D eigenvalue weighted by Gasteiger charge is -2.41. The molecule has 2 aromatic rings. The number of fused-ring (bicyclic) bond motifs is 1. The molecule has 6 heteroatoms. The zero-order chi connectivity index (χ0) is 26.9. The molecule has 0 saturated carbocycles. The number of carbonyl (C=O) groups excluding carboxylic acids is 1. The second kappa shape index (κ2) is 10.7. The van der Waals surface area contributed by atoms with Crippen molar-refractivity contribution in [1.29, 1.82) is 0 Å². The van der Waals surface area contributed by atoms with Gasteiger partial charge in [0.15, 0.2) is 5.78 Å². The predicted molar refractivity (Wildman–Crippen MR) is 153 cm³/mol. The Morgan fingerprint density at radius 1 is 1.27 bits per heavy atom. The van der Waals surface area contributed by atoms with Crippen LogP contribution in [0.4, 0.5) is 11.4 Å². The van der Waals surface area contributed by atoms with Crippen LogP contribution >= 0.6 is 0 Å². The topological polar surface area (TPSA) is 54.5 Å². The Hall–Kier alpha value is -3.12. The molecule has 0 saturated heterocycles. The molecule has 4 rings (SSSR count). The quantitative estimate of drug-likeness (QED) is 0.253. The molecule has 1 N–H and O–H groups in total. The van der Waals surface area contributed by atoms with Crippen LogP contribution in [0.5, 0.6) is 0 Å². The highest BCUT2D eigenvalue weighted by Gasteiger charge is 2.36. The molecule has 2 aliphatic rings. The first-order chi connectivity index (χ1) is 17.5. The fourth-order valence-electron chi connectivity index (χ4n) is 5.31. The first-order valence-electron chi connectivity index (χ1n) is 13.5. The number of quaternary nitrogens is 1. The molecule has 1 unspecified atom stereocenters. The normalized spacial score (nSPS) is 19.9. The molecular weight excluding hydrogens is 460 g/mol. The van der Waals surface area contributed by atoms with Gasteiger partial charge in [0.1, 0.15) is 17.6 Å².